The van der Waals surface area contributed by atoms with Gasteiger partial charge in [-0.05, 0) is 56.5 Å². The minimum Gasteiger partial charge on any atom is -0.350 e. The van der Waals surface area contributed by atoms with Gasteiger partial charge in [-0.2, -0.15) is 0 Å². The van der Waals surface area contributed by atoms with E-state index in [2.05, 4.69) is 16.0 Å². The van der Waals surface area contributed by atoms with Crippen LogP contribution in [0.25, 0.3) is 0 Å². The van der Waals surface area contributed by atoms with Gasteiger partial charge < -0.3 is 16.0 Å². The van der Waals surface area contributed by atoms with Gasteiger partial charge in [-0.3, -0.25) is 4.79 Å². The van der Waals surface area contributed by atoms with Crippen LogP contribution in [0.4, 0.5) is 4.79 Å². The molecule has 5 nitrogen and oxygen atoms in total. The molecule has 0 aliphatic heterocycles. The summed E-state index contributed by atoms with van der Waals surface area (Å²) in [4.78, 5) is 24.2. The van der Waals surface area contributed by atoms with Crippen molar-refractivity contribution in [2.75, 3.05) is 0 Å². The number of carbonyl (C=O) groups is 2. The average Bonchev–Trinajstić information content (AvgIpc) is 2.60. The number of aryl methyl sites for hydroxylation is 1. The van der Waals surface area contributed by atoms with E-state index in [1.807, 2.05) is 64.1 Å². The van der Waals surface area contributed by atoms with Crippen molar-refractivity contribution in [1.82, 2.24) is 16.0 Å². The Hall–Kier alpha value is -2.82. The number of rotatable bonds is 6. The lowest BCUT2D eigenvalue weighted by Crippen LogP contribution is -2.36. The molecule has 3 N–H and O–H groups in total. The third-order valence-electron chi connectivity index (χ3n) is 4.06. The molecule has 0 heterocycles. The van der Waals surface area contributed by atoms with E-state index in [9.17, 15) is 9.59 Å². The van der Waals surface area contributed by atoms with Crippen molar-refractivity contribution in [2.24, 2.45) is 0 Å². The van der Waals surface area contributed by atoms with E-state index >= 15 is 0 Å². The lowest BCUT2D eigenvalue weighted by molar-refractivity contribution is 0.0943. The summed E-state index contributed by atoms with van der Waals surface area (Å²) in [6.07, 6.45) is 0. The lowest BCUT2D eigenvalue weighted by atomic mass is 10.0. The molecule has 0 aliphatic carbocycles. The van der Waals surface area contributed by atoms with Crippen molar-refractivity contribution in [3.63, 3.8) is 0 Å². The molecule has 2 rings (SSSR count). The monoisotopic (exact) mass is 353 g/mol. The zero-order chi connectivity index (χ0) is 19.1. The van der Waals surface area contributed by atoms with Gasteiger partial charge in [0.15, 0.2) is 0 Å². The summed E-state index contributed by atoms with van der Waals surface area (Å²) in [6.45, 7) is 8.18. The van der Waals surface area contributed by atoms with Crippen LogP contribution in [0.1, 0.15) is 53.9 Å². The van der Waals surface area contributed by atoms with E-state index in [4.69, 9.17) is 0 Å². The topological polar surface area (TPSA) is 70.2 Å². The van der Waals surface area contributed by atoms with Gasteiger partial charge in [-0.25, -0.2) is 4.79 Å². The summed E-state index contributed by atoms with van der Waals surface area (Å²) in [5.41, 5.74) is 3.70. The van der Waals surface area contributed by atoms with Gasteiger partial charge in [-0.15, -0.1) is 0 Å². The third-order valence-corrected chi connectivity index (χ3v) is 4.06. The van der Waals surface area contributed by atoms with E-state index in [1.54, 1.807) is 12.1 Å². The van der Waals surface area contributed by atoms with Crippen LogP contribution in [0.15, 0.2) is 48.5 Å². The second-order valence-corrected chi connectivity index (χ2v) is 6.73. The Bertz CT molecular complexity index is 771. The van der Waals surface area contributed by atoms with E-state index in [-0.39, 0.29) is 24.0 Å². The van der Waals surface area contributed by atoms with Crippen LogP contribution in [0.5, 0.6) is 0 Å². The van der Waals surface area contributed by atoms with Gasteiger partial charge in [0.2, 0.25) is 0 Å². The molecule has 1 atom stereocenters. The summed E-state index contributed by atoms with van der Waals surface area (Å²) in [7, 11) is 0. The fourth-order valence-electron chi connectivity index (χ4n) is 2.75. The first-order valence-electron chi connectivity index (χ1n) is 8.86. The van der Waals surface area contributed by atoms with E-state index < -0.39 is 0 Å². The molecule has 0 bridgehead atoms. The molecule has 0 fully saturated rings. The Balaban J connectivity index is 1.91. The minimum absolute atomic E-state index is 0.0815. The Morgan fingerprint density at radius 2 is 1.69 bits per heavy atom. The van der Waals surface area contributed by atoms with Crippen LogP contribution in [0, 0.1) is 6.92 Å². The first kappa shape index (κ1) is 19.5. The predicted octanol–water partition coefficient (Wildman–Crippen LogP) is 3.69. The normalized spacial score (nSPS) is 11.7. The number of hydrogen-bond acceptors (Lipinski definition) is 2. The third kappa shape index (κ3) is 5.62. The van der Waals surface area contributed by atoms with Gasteiger partial charge in [0.05, 0.1) is 6.04 Å². The quantitative estimate of drug-likeness (QED) is 0.741. The summed E-state index contributed by atoms with van der Waals surface area (Å²) in [6, 6.07) is 15.0. The van der Waals surface area contributed by atoms with Gasteiger partial charge in [0.25, 0.3) is 5.91 Å². The highest BCUT2D eigenvalue weighted by Crippen LogP contribution is 2.16. The highest BCUT2D eigenvalue weighted by atomic mass is 16.2. The highest BCUT2D eigenvalue weighted by molar-refractivity contribution is 5.94. The number of urea groups is 1. The van der Waals surface area contributed by atoms with Crippen molar-refractivity contribution in [3.05, 3.63) is 70.8 Å². The van der Waals surface area contributed by atoms with E-state index in [0.717, 1.165) is 16.7 Å². The molecule has 2 aromatic carbocycles. The molecule has 0 spiro atoms. The maximum absolute atomic E-state index is 12.2. The van der Waals surface area contributed by atoms with Crippen molar-refractivity contribution >= 4 is 11.9 Å². The molecule has 0 saturated heterocycles. The first-order chi connectivity index (χ1) is 12.4. The molecular weight excluding hydrogens is 326 g/mol. The van der Waals surface area contributed by atoms with Crippen molar-refractivity contribution in [1.29, 1.82) is 0 Å². The SMILES string of the molecule is Cc1ccccc1C(C)NC(=O)NCc1cccc(C(=O)NC(C)C)c1. The smallest absolute Gasteiger partial charge is 0.315 e. The summed E-state index contributed by atoms with van der Waals surface area (Å²) in [5.74, 6) is -0.112. The lowest BCUT2D eigenvalue weighted by Gasteiger charge is -2.17. The molecule has 1 unspecified atom stereocenters. The Labute approximate surface area is 155 Å². The standard InChI is InChI=1S/C21H27N3O2/c1-14(2)23-20(25)18-10-7-9-17(12-18)13-22-21(26)24-16(4)19-11-6-5-8-15(19)3/h5-12,14,16H,13H2,1-4H3,(H,23,25)(H2,22,24,26). The molecule has 26 heavy (non-hydrogen) atoms. The maximum atomic E-state index is 12.2. The number of benzene rings is 2. The second kappa shape index (κ2) is 9.04. The molecular formula is C21H27N3O2. The maximum Gasteiger partial charge on any atom is 0.315 e. The van der Waals surface area contributed by atoms with Crippen LogP contribution in [0.2, 0.25) is 0 Å². The fourth-order valence-corrected chi connectivity index (χ4v) is 2.75. The van der Waals surface area contributed by atoms with Gasteiger partial charge in [0.1, 0.15) is 0 Å². The van der Waals surface area contributed by atoms with Crippen LogP contribution >= 0.6 is 0 Å². The van der Waals surface area contributed by atoms with Crippen LogP contribution in [-0.2, 0) is 6.54 Å². The Kier molecular flexibility index (Phi) is 6.78. The van der Waals surface area contributed by atoms with Gasteiger partial charge in [-0.1, -0.05) is 36.4 Å². The number of hydrogen-bond donors (Lipinski definition) is 3. The number of nitrogens with one attached hydrogen (secondary N) is 3. The minimum atomic E-state index is -0.238. The number of carbonyl (C=O) groups excluding carboxylic acids is 2. The molecule has 0 aromatic heterocycles. The summed E-state index contributed by atoms with van der Waals surface area (Å²) < 4.78 is 0. The predicted molar refractivity (Wildman–Crippen MR) is 104 cm³/mol. The van der Waals surface area contributed by atoms with Crippen molar-refractivity contribution in [2.45, 2.75) is 46.3 Å². The molecule has 0 radical (unpaired) electrons. The van der Waals surface area contributed by atoms with Crippen LogP contribution in [0.3, 0.4) is 0 Å². The highest BCUT2D eigenvalue weighted by Gasteiger charge is 2.11. The molecule has 0 saturated carbocycles. The van der Waals surface area contributed by atoms with Gasteiger partial charge in [0, 0.05) is 18.2 Å². The van der Waals surface area contributed by atoms with Crippen molar-refractivity contribution < 1.29 is 9.59 Å². The molecule has 138 valence electrons. The van der Waals surface area contributed by atoms with Gasteiger partial charge >= 0.3 is 6.03 Å². The van der Waals surface area contributed by atoms with Crippen LogP contribution in [-0.4, -0.2) is 18.0 Å². The largest absolute Gasteiger partial charge is 0.350 e. The summed E-state index contributed by atoms with van der Waals surface area (Å²) >= 11 is 0. The fraction of sp³-hybridized carbons (Fsp3) is 0.333. The second-order valence-electron chi connectivity index (χ2n) is 6.73. The van der Waals surface area contributed by atoms with E-state index in [1.165, 1.54) is 0 Å². The molecule has 5 heteroatoms. The van der Waals surface area contributed by atoms with Crippen LogP contribution < -0.4 is 16.0 Å². The van der Waals surface area contributed by atoms with Crippen molar-refractivity contribution in [3.8, 4) is 0 Å². The first-order valence-corrected chi connectivity index (χ1v) is 8.86. The number of amides is 3. The molecule has 2 aromatic rings. The molecule has 3 amide bonds. The molecule has 0 aliphatic rings. The average molecular weight is 353 g/mol. The van der Waals surface area contributed by atoms with E-state index in [0.29, 0.717) is 12.1 Å². The zero-order valence-corrected chi connectivity index (χ0v) is 15.8. The Morgan fingerprint density at radius 3 is 2.38 bits per heavy atom. The Morgan fingerprint density at radius 1 is 0.962 bits per heavy atom. The zero-order valence-electron chi connectivity index (χ0n) is 15.8. The summed E-state index contributed by atoms with van der Waals surface area (Å²) in [5, 5.41) is 8.65.